The van der Waals surface area contributed by atoms with Crippen molar-refractivity contribution >= 4 is 9.84 Å². The van der Waals surface area contributed by atoms with Crippen LogP contribution in [-0.2, 0) is 22.1 Å². The Hall–Kier alpha value is -1.93. The van der Waals surface area contributed by atoms with Gasteiger partial charge in [-0.25, -0.2) is 8.42 Å². The molecule has 24 heavy (non-hydrogen) atoms. The highest BCUT2D eigenvalue weighted by Gasteiger charge is 2.29. The van der Waals surface area contributed by atoms with Crippen LogP contribution in [0.3, 0.4) is 0 Å². The Labute approximate surface area is 142 Å². The smallest absolute Gasteiger partial charge is 0.250 e. The van der Waals surface area contributed by atoms with Gasteiger partial charge in [-0.3, -0.25) is 0 Å². The van der Waals surface area contributed by atoms with Crippen LogP contribution in [0.1, 0.15) is 37.2 Å². The molecule has 1 unspecified atom stereocenters. The van der Waals surface area contributed by atoms with Crippen molar-refractivity contribution in [3.8, 4) is 5.75 Å². The lowest BCUT2D eigenvalue weighted by Gasteiger charge is -2.12. The summed E-state index contributed by atoms with van der Waals surface area (Å²) in [7, 11) is -2.03. The summed E-state index contributed by atoms with van der Waals surface area (Å²) in [6.07, 6.45) is 2.02. The average Bonchev–Trinajstić information content (AvgIpc) is 3.23. The fourth-order valence-electron chi connectivity index (χ4n) is 3.04. The number of ether oxygens (including phenoxy) is 1. The first-order valence-corrected chi connectivity index (χ1v) is 9.72. The first kappa shape index (κ1) is 16.9. The third-order valence-corrected chi connectivity index (χ3v) is 5.77. The third kappa shape index (κ3) is 3.29. The zero-order valence-corrected chi connectivity index (χ0v) is 14.7. The van der Waals surface area contributed by atoms with E-state index < -0.39 is 9.84 Å². The molecule has 1 aliphatic rings. The zero-order chi connectivity index (χ0) is 17.2. The SMILES string of the molecule is CCn1c(C2CCCN2)nnc1S(=O)(=O)Cc1cccc(OC)c1. The lowest BCUT2D eigenvalue weighted by Crippen LogP contribution is -2.20. The molecule has 1 N–H and O–H groups in total. The van der Waals surface area contributed by atoms with Gasteiger partial charge in [-0.1, -0.05) is 12.1 Å². The molecular weight excluding hydrogens is 328 g/mol. The molecule has 2 heterocycles. The monoisotopic (exact) mass is 350 g/mol. The van der Waals surface area contributed by atoms with Gasteiger partial charge in [-0.2, -0.15) is 0 Å². The molecule has 0 amide bonds. The van der Waals surface area contributed by atoms with E-state index in [2.05, 4.69) is 15.5 Å². The highest BCUT2D eigenvalue weighted by molar-refractivity contribution is 7.90. The summed E-state index contributed by atoms with van der Waals surface area (Å²) in [5.41, 5.74) is 0.667. The normalized spacial score (nSPS) is 18.0. The van der Waals surface area contributed by atoms with Crippen molar-refractivity contribution in [1.82, 2.24) is 20.1 Å². The molecule has 1 atom stereocenters. The van der Waals surface area contributed by atoms with E-state index >= 15 is 0 Å². The molecule has 0 aliphatic carbocycles. The Morgan fingerprint density at radius 2 is 2.21 bits per heavy atom. The molecule has 1 saturated heterocycles. The minimum absolute atomic E-state index is 0.0384. The van der Waals surface area contributed by atoms with Gasteiger partial charge in [0, 0.05) is 6.54 Å². The van der Waals surface area contributed by atoms with Crippen LogP contribution in [0.5, 0.6) is 5.75 Å². The molecule has 1 aromatic carbocycles. The van der Waals surface area contributed by atoms with Gasteiger partial charge >= 0.3 is 0 Å². The van der Waals surface area contributed by atoms with E-state index in [1.165, 1.54) is 0 Å². The molecule has 0 saturated carbocycles. The Morgan fingerprint density at radius 1 is 1.38 bits per heavy atom. The fraction of sp³-hybridized carbons (Fsp3) is 0.500. The van der Waals surface area contributed by atoms with E-state index in [1.54, 1.807) is 35.9 Å². The van der Waals surface area contributed by atoms with Gasteiger partial charge in [-0.15, -0.1) is 10.2 Å². The lowest BCUT2D eigenvalue weighted by molar-refractivity contribution is 0.414. The van der Waals surface area contributed by atoms with Crippen LogP contribution in [0.2, 0.25) is 0 Å². The Kier molecular flexibility index (Phi) is 4.86. The van der Waals surface area contributed by atoms with Crippen LogP contribution < -0.4 is 10.1 Å². The minimum Gasteiger partial charge on any atom is -0.497 e. The highest BCUT2D eigenvalue weighted by atomic mass is 32.2. The third-order valence-electron chi connectivity index (χ3n) is 4.20. The summed E-state index contributed by atoms with van der Waals surface area (Å²) >= 11 is 0. The van der Waals surface area contributed by atoms with E-state index in [1.807, 2.05) is 6.92 Å². The summed E-state index contributed by atoms with van der Waals surface area (Å²) in [4.78, 5) is 0. The van der Waals surface area contributed by atoms with E-state index in [4.69, 9.17) is 4.74 Å². The standard InChI is InChI=1S/C16H22N4O3S/c1-3-20-15(14-8-5-9-17-14)18-19-16(20)24(21,22)11-12-6-4-7-13(10-12)23-2/h4,6-7,10,14,17H,3,5,8-9,11H2,1-2H3. The first-order chi connectivity index (χ1) is 11.5. The van der Waals surface area contributed by atoms with Gasteiger partial charge in [-0.05, 0) is 44.0 Å². The number of hydrogen-bond donors (Lipinski definition) is 1. The van der Waals surface area contributed by atoms with Crippen molar-refractivity contribution in [2.45, 2.75) is 43.3 Å². The molecule has 0 radical (unpaired) electrons. The second kappa shape index (κ2) is 6.90. The van der Waals surface area contributed by atoms with E-state index in [9.17, 15) is 8.42 Å². The van der Waals surface area contributed by atoms with Crippen LogP contribution in [0.4, 0.5) is 0 Å². The molecule has 130 valence electrons. The van der Waals surface area contributed by atoms with Crippen molar-refractivity contribution in [3.63, 3.8) is 0 Å². The van der Waals surface area contributed by atoms with Gasteiger partial charge in [0.15, 0.2) is 5.82 Å². The predicted molar refractivity (Wildman–Crippen MR) is 89.6 cm³/mol. The number of aromatic nitrogens is 3. The molecule has 3 rings (SSSR count). The number of hydrogen-bond acceptors (Lipinski definition) is 6. The minimum atomic E-state index is -3.58. The van der Waals surface area contributed by atoms with Crippen molar-refractivity contribution in [2.24, 2.45) is 0 Å². The first-order valence-electron chi connectivity index (χ1n) is 8.07. The number of benzene rings is 1. The summed E-state index contributed by atoms with van der Waals surface area (Å²) in [5, 5.41) is 11.5. The Morgan fingerprint density at radius 3 is 2.88 bits per heavy atom. The van der Waals surface area contributed by atoms with Crippen LogP contribution >= 0.6 is 0 Å². The maximum Gasteiger partial charge on any atom is 0.250 e. The molecule has 0 spiro atoms. The van der Waals surface area contributed by atoms with Crippen LogP contribution in [0, 0.1) is 0 Å². The van der Waals surface area contributed by atoms with Gasteiger partial charge in [0.05, 0.1) is 18.9 Å². The topological polar surface area (TPSA) is 86.1 Å². The van der Waals surface area contributed by atoms with E-state index in [-0.39, 0.29) is 17.0 Å². The van der Waals surface area contributed by atoms with Crippen molar-refractivity contribution in [2.75, 3.05) is 13.7 Å². The molecule has 8 heteroatoms. The number of methoxy groups -OCH3 is 1. The molecule has 1 fully saturated rings. The quantitative estimate of drug-likeness (QED) is 0.853. The van der Waals surface area contributed by atoms with Crippen molar-refractivity contribution in [1.29, 1.82) is 0 Å². The van der Waals surface area contributed by atoms with Crippen LogP contribution in [0.15, 0.2) is 29.4 Å². The Bertz CT molecular complexity index is 810. The fourth-order valence-corrected chi connectivity index (χ4v) is 4.51. The molecule has 1 aromatic heterocycles. The largest absolute Gasteiger partial charge is 0.497 e. The van der Waals surface area contributed by atoms with Crippen LogP contribution in [-0.4, -0.2) is 36.8 Å². The second-order valence-electron chi connectivity index (χ2n) is 5.84. The lowest BCUT2D eigenvalue weighted by atomic mass is 10.2. The average molecular weight is 350 g/mol. The number of nitrogens with zero attached hydrogens (tertiary/aromatic N) is 3. The molecular formula is C16H22N4O3S. The van der Waals surface area contributed by atoms with Gasteiger partial charge in [0.25, 0.3) is 0 Å². The van der Waals surface area contributed by atoms with E-state index in [0.717, 1.165) is 19.4 Å². The van der Waals surface area contributed by atoms with E-state index in [0.29, 0.717) is 23.7 Å². The predicted octanol–water partition coefficient (Wildman–Crippen LogP) is 1.70. The number of rotatable bonds is 6. The second-order valence-corrected chi connectivity index (χ2v) is 7.73. The summed E-state index contributed by atoms with van der Waals surface area (Å²) in [6.45, 7) is 3.35. The maximum absolute atomic E-state index is 12.8. The summed E-state index contributed by atoms with van der Waals surface area (Å²) in [5.74, 6) is 1.22. The molecule has 0 bridgehead atoms. The van der Waals surface area contributed by atoms with Gasteiger partial charge < -0.3 is 14.6 Å². The molecule has 7 nitrogen and oxygen atoms in total. The highest BCUT2D eigenvalue weighted by Crippen LogP contribution is 2.25. The summed E-state index contributed by atoms with van der Waals surface area (Å²) in [6, 6.07) is 7.14. The Balaban J connectivity index is 1.91. The molecule has 1 aliphatic heterocycles. The van der Waals surface area contributed by atoms with Crippen LogP contribution in [0.25, 0.3) is 0 Å². The van der Waals surface area contributed by atoms with Gasteiger partial charge in [0.2, 0.25) is 15.0 Å². The zero-order valence-electron chi connectivity index (χ0n) is 13.9. The molecule has 2 aromatic rings. The summed E-state index contributed by atoms with van der Waals surface area (Å²) < 4.78 is 32.5. The van der Waals surface area contributed by atoms with Crippen molar-refractivity contribution in [3.05, 3.63) is 35.7 Å². The maximum atomic E-state index is 12.8. The van der Waals surface area contributed by atoms with Gasteiger partial charge in [0.1, 0.15) is 5.75 Å². The van der Waals surface area contributed by atoms with Crippen molar-refractivity contribution < 1.29 is 13.2 Å². The number of sulfone groups is 1. The number of nitrogens with one attached hydrogen (secondary N) is 1.